The summed E-state index contributed by atoms with van der Waals surface area (Å²) in [7, 11) is 0. The molecule has 1 saturated heterocycles. The summed E-state index contributed by atoms with van der Waals surface area (Å²) in [6.45, 7) is 2.08. The quantitative estimate of drug-likeness (QED) is 0.744. The van der Waals surface area contributed by atoms with Gasteiger partial charge in [0.25, 0.3) is 11.8 Å². The van der Waals surface area contributed by atoms with E-state index in [1.54, 1.807) is 4.90 Å². The molecule has 1 N–H and O–H groups in total. The zero-order valence-corrected chi connectivity index (χ0v) is 16.1. The third-order valence-corrected chi connectivity index (χ3v) is 4.89. The highest BCUT2D eigenvalue weighted by molar-refractivity contribution is 6.36. The van der Waals surface area contributed by atoms with Gasteiger partial charge in [0.05, 0.1) is 10.6 Å². The van der Waals surface area contributed by atoms with Crippen LogP contribution in [0.1, 0.15) is 43.0 Å². The molecule has 0 spiro atoms. The summed E-state index contributed by atoms with van der Waals surface area (Å²) in [6, 6.07) is 4.65. The van der Waals surface area contributed by atoms with Crippen LogP contribution in [-0.4, -0.2) is 48.4 Å². The molecular formula is C18H22Cl2N2O4. The van der Waals surface area contributed by atoms with E-state index in [-0.39, 0.29) is 35.7 Å². The Kier molecular flexibility index (Phi) is 7.72. The Morgan fingerprint density at radius 2 is 2.04 bits per heavy atom. The summed E-state index contributed by atoms with van der Waals surface area (Å²) in [6.07, 6.45) is 3.95. The van der Waals surface area contributed by atoms with Crippen molar-refractivity contribution in [3.63, 3.8) is 0 Å². The second-order valence-electron chi connectivity index (χ2n) is 6.11. The Balaban J connectivity index is 1.78. The molecule has 0 bridgehead atoms. The molecule has 1 fully saturated rings. The van der Waals surface area contributed by atoms with E-state index in [4.69, 9.17) is 27.9 Å². The molecule has 1 heterocycles. The highest BCUT2D eigenvalue weighted by Crippen LogP contribution is 2.21. The lowest BCUT2D eigenvalue weighted by atomic mass is 10.00. The first-order valence-electron chi connectivity index (χ1n) is 8.60. The van der Waals surface area contributed by atoms with Crippen molar-refractivity contribution in [2.45, 2.75) is 38.6 Å². The number of ether oxygens (including phenoxy) is 1. The van der Waals surface area contributed by atoms with Crippen molar-refractivity contribution in [2.24, 2.45) is 0 Å². The van der Waals surface area contributed by atoms with Crippen LogP contribution in [0.4, 0.5) is 0 Å². The summed E-state index contributed by atoms with van der Waals surface area (Å²) < 4.78 is 4.99. The number of carbonyl (C=O) groups excluding carboxylic acids is 3. The Morgan fingerprint density at radius 3 is 2.73 bits per heavy atom. The number of nitrogens with zero attached hydrogens (tertiary/aromatic N) is 1. The molecule has 2 rings (SSSR count). The van der Waals surface area contributed by atoms with Gasteiger partial charge < -0.3 is 15.0 Å². The molecule has 0 aromatic heterocycles. The summed E-state index contributed by atoms with van der Waals surface area (Å²) in [4.78, 5) is 37.8. The van der Waals surface area contributed by atoms with Crippen LogP contribution in [0, 0.1) is 0 Å². The average molecular weight is 401 g/mol. The Bertz CT molecular complexity index is 681. The maximum Gasteiger partial charge on any atom is 0.325 e. The van der Waals surface area contributed by atoms with Crippen molar-refractivity contribution in [3.8, 4) is 0 Å². The van der Waals surface area contributed by atoms with Gasteiger partial charge in [-0.15, -0.1) is 0 Å². The van der Waals surface area contributed by atoms with Crippen LogP contribution in [0.15, 0.2) is 18.2 Å². The molecule has 2 amide bonds. The Hall–Kier alpha value is -1.79. The van der Waals surface area contributed by atoms with E-state index in [2.05, 4.69) is 5.32 Å². The predicted octanol–water partition coefficient (Wildman–Crippen LogP) is 3.06. The number of nitrogens with one attached hydrogen (secondary N) is 1. The molecule has 1 aromatic rings. The summed E-state index contributed by atoms with van der Waals surface area (Å²) in [5.41, 5.74) is 0.207. The fourth-order valence-corrected chi connectivity index (χ4v) is 3.45. The molecular weight excluding hydrogens is 379 g/mol. The molecule has 1 aliphatic rings. The standard InChI is InChI=1S/C18H22Cl2N2O4/c1-2-13-5-3-4-8-22(13)16(23)11-26-17(24)10-21-18(25)14-7-6-12(19)9-15(14)20/h6-7,9,13H,2-5,8,10-11H2,1H3,(H,21,25)/t13-/m1/s1. The van der Waals surface area contributed by atoms with Crippen LogP contribution in [-0.2, 0) is 14.3 Å². The zero-order valence-electron chi connectivity index (χ0n) is 14.6. The number of hydrogen-bond acceptors (Lipinski definition) is 4. The number of hydrogen-bond donors (Lipinski definition) is 1. The second-order valence-corrected chi connectivity index (χ2v) is 6.96. The van der Waals surface area contributed by atoms with E-state index < -0.39 is 11.9 Å². The van der Waals surface area contributed by atoms with Crippen LogP contribution in [0.3, 0.4) is 0 Å². The number of piperidine rings is 1. The first-order chi connectivity index (χ1) is 12.4. The van der Waals surface area contributed by atoms with Crippen molar-refractivity contribution in [1.29, 1.82) is 0 Å². The number of likely N-dealkylation sites (tertiary alicyclic amines) is 1. The number of carbonyl (C=O) groups is 3. The minimum atomic E-state index is -0.679. The molecule has 0 radical (unpaired) electrons. The lowest BCUT2D eigenvalue weighted by molar-refractivity contribution is -0.152. The fourth-order valence-electron chi connectivity index (χ4n) is 2.95. The van der Waals surface area contributed by atoms with E-state index in [1.165, 1.54) is 18.2 Å². The van der Waals surface area contributed by atoms with Gasteiger partial charge in [-0.2, -0.15) is 0 Å². The Labute approximate surface area is 162 Å². The van der Waals surface area contributed by atoms with E-state index in [1.807, 2.05) is 6.92 Å². The smallest absolute Gasteiger partial charge is 0.325 e. The molecule has 6 nitrogen and oxygen atoms in total. The average Bonchev–Trinajstić information content (AvgIpc) is 2.64. The Morgan fingerprint density at radius 1 is 1.27 bits per heavy atom. The number of benzene rings is 1. The van der Waals surface area contributed by atoms with Gasteiger partial charge in [0, 0.05) is 17.6 Å². The van der Waals surface area contributed by atoms with E-state index >= 15 is 0 Å². The van der Waals surface area contributed by atoms with Crippen molar-refractivity contribution in [2.75, 3.05) is 19.7 Å². The van der Waals surface area contributed by atoms with Gasteiger partial charge in [-0.05, 0) is 43.9 Å². The lowest BCUT2D eigenvalue weighted by Crippen LogP contribution is -2.45. The molecule has 8 heteroatoms. The minimum Gasteiger partial charge on any atom is -0.454 e. The fraction of sp³-hybridized carbons (Fsp3) is 0.500. The lowest BCUT2D eigenvalue weighted by Gasteiger charge is -2.35. The molecule has 26 heavy (non-hydrogen) atoms. The van der Waals surface area contributed by atoms with Crippen molar-refractivity contribution < 1.29 is 19.1 Å². The molecule has 142 valence electrons. The topological polar surface area (TPSA) is 75.7 Å². The van der Waals surface area contributed by atoms with E-state index in [9.17, 15) is 14.4 Å². The van der Waals surface area contributed by atoms with Gasteiger partial charge in [0.15, 0.2) is 6.61 Å². The number of esters is 1. The van der Waals surface area contributed by atoms with Crippen LogP contribution in [0.5, 0.6) is 0 Å². The van der Waals surface area contributed by atoms with Gasteiger partial charge in [0.1, 0.15) is 6.54 Å². The molecule has 1 aliphatic heterocycles. The highest BCUT2D eigenvalue weighted by atomic mass is 35.5. The molecule has 0 aliphatic carbocycles. The minimum absolute atomic E-state index is 0.189. The van der Waals surface area contributed by atoms with E-state index in [0.29, 0.717) is 11.6 Å². The number of halogens is 2. The van der Waals surface area contributed by atoms with Crippen molar-refractivity contribution >= 4 is 41.0 Å². The monoisotopic (exact) mass is 400 g/mol. The maximum absolute atomic E-state index is 12.2. The van der Waals surface area contributed by atoms with Crippen molar-refractivity contribution in [3.05, 3.63) is 33.8 Å². The van der Waals surface area contributed by atoms with E-state index in [0.717, 1.165) is 25.7 Å². The number of rotatable bonds is 6. The summed E-state index contributed by atoms with van der Waals surface area (Å²) in [5, 5.41) is 3.02. The third-order valence-electron chi connectivity index (χ3n) is 4.34. The molecule has 1 atom stereocenters. The van der Waals surface area contributed by atoms with Crippen LogP contribution >= 0.6 is 23.2 Å². The number of amides is 2. The maximum atomic E-state index is 12.2. The first kappa shape index (κ1) is 20.5. The third kappa shape index (κ3) is 5.61. The van der Waals surface area contributed by atoms with Gasteiger partial charge in [-0.3, -0.25) is 14.4 Å². The summed E-state index contributed by atoms with van der Waals surface area (Å²) in [5.74, 6) is -1.39. The highest BCUT2D eigenvalue weighted by Gasteiger charge is 2.26. The van der Waals surface area contributed by atoms with Gasteiger partial charge in [0.2, 0.25) is 0 Å². The van der Waals surface area contributed by atoms with Gasteiger partial charge in [-0.1, -0.05) is 30.1 Å². The molecule has 0 saturated carbocycles. The normalized spacial score (nSPS) is 16.9. The van der Waals surface area contributed by atoms with Crippen LogP contribution in [0.2, 0.25) is 10.0 Å². The second kappa shape index (κ2) is 9.78. The van der Waals surface area contributed by atoms with Gasteiger partial charge in [-0.25, -0.2) is 0 Å². The van der Waals surface area contributed by atoms with Gasteiger partial charge >= 0.3 is 5.97 Å². The van der Waals surface area contributed by atoms with Crippen LogP contribution < -0.4 is 5.32 Å². The SMILES string of the molecule is CC[C@@H]1CCCCN1C(=O)COC(=O)CNC(=O)c1ccc(Cl)cc1Cl. The largest absolute Gasteiger partial charge is 0.454 e. The zero-order chi connectivity index (χ0) is 19.1. The predicted molar refractivity (Wildman–Crippen MR) is 99.4 cm³/mol. The molecule has 1 aromatic carbocycles. The van der Waals surface area contributed by atoms with Crippen LogP contribution in [0.25, 0.3) is 0 Å². The first-order valence-corrected chi connectivity index (χ1v) is 9.36. The molecule has 0 unspecified atom stereocenters. The van der Waals surface area contributed by atoms with Crippen molar-refractivity contribution in [1.82, 2.24) is 10.2 Å². The summed E-state index contributed by atoms with van der Waals surface area (Å²) >= 11 is 11.7.